The lowest BCUT2D eigenvalue weighted by atomic mass is 10.4. The van der Waals surface area contributed by atoms with Crippen LogP contribution in [0, 0.1) is 11.3 Å². The van der Waals surface area contributed by atoms with Crippen molar-refractivity contribution in [2.45, 2.75) is 6.92 Å². The first-order valence-corrected chi connectivity index (χ1v) is 4.91. The number of nitrogens with one attached hydrogen (secondary N) is 1. The van der Waals surface area contributed by atoms with Crippen LogP contribution >= 0.6 is 0 Å². The predicted molar refractivity (Wildman–Crippen MR) is 58.4 cm³/mol. The zero-order chi connectivity index (χ0) is 11.1. The van der Waals surface area contributed by atoms with Gasteiger partial charge in [0.15, 0.2) is 0 Å². The van der Waals surface area contributed by atoms with E-state index in [2.05, 4.69) is 27.1 Å². The highest BCUT2D eigenvalue weighted by Crippen LogP contribution is 1.98. The van der Waals surface area contributed by atoms with Crippen LogP contribution in [0.5, 0.6) is 0 Å². The van der Waals surface area contributed by atoms with Gasteiger partial charge in [-0.2, -0.15) is 5.26 Å². The molecule has 0 atom stereocenters. The van der Waals surface area contributed by atoms with Crippen molar-refractivity contribution in [2.75, 3.05) is 32.0 Å². The summed E-state index contributed by atoms with van der Waals surface area (Å²) in [7, 11) is 2.05. The van der Waals surface area contributed by atoms with Gasteiger partial charge in [-0.25, -0.2) is 9.97 Å². The van der Waals surface area contributed by atoms with E-state index < -0.39 is 0 Å². The van der Waals surface area contributed by atoms with Gasteiger partial charge in [-0.3, -0.25) is 0 Å². The molecule has 15 heavy (non-hydrogen) atoms. The van der Waals surface area contributed by atoms with E-state index in [9.17, 15) is 0 Å². The molecule has 5 heteroatoms. The molecule has 1 N–H and O–H groups in total. The number of hydrogen-bond acceptors (Lipinski definition) is 5. The first-order chi connectivity index (χ1) is 7.26. The Kier molecular flexibility index (Phi) is 4.51. The minimum atomic E-state index is 0.386. The average molecular weight is 205 g/mol. The maximum absolute atomic E-state index is 8.64. The van der Waals surface area contributed by atoms with Gasteiger partial charge in [0.05, 0.1) is 0 Å². The zero-order valence-corrected chi connectivity index (χ0v) is 9.06. The van der Waals surface area contributed by atoms with Gasteiger partial charge in [-0.1, -0.05) is 6.92 Å². The lowest BCUT2D eigenvalue weighted by Crippen LogP contribution is -2.25. The number of rotatable bonds is 5. The predicted octanol–water partition coefficient (Wildman–Crippen LogP) is 0.712. The molecule has 5 nitrogen and oxygen atoms in total. The van der Waals surface area contributed by atoms with E-state index >= 15 is 0 Å². The van der Waals surface area contributed by atoms with Crippen molar-refractivity contribution >= 4 is 5.95 Å². The summed E-state index contributed by atoms with van der Waals surface area (Å²) in [5, 5.41) is 11.7. The first kappa shape index (κ1) is 11.4. The topological polar surface area (TPSA) is 64.8 Å². The Hall–Kier alpha value is -1.67. The first-order valence-electron chi connectivity index (χ1n) is 4.91. The number of anilines is 1. The second-order valence-electron chi connectivity index (χ2n) is 3.20. The lowest BCUT2D eigenvalue weighted by Gasteiger charge is -2.13. The number of likely N-dealkylation sites (N-methyl/N-ethyl adjacent to an activating group) is 1. The quantitative estimate of drug-likeness (QED) is 0.767. The highest BCUT2D eigenvalue weighted by Gasteiger charge is 1.98. The molecule has 1 aromatic heterocycles. The third-order valence-corrected chi connectivity index (χ3v) is 2.09. The molecule has 1 aromatic rings. The standard InChI is InChI=1S/C10H15N5/c1-3-15(2)7-6-13-10-12-5-4-9(8-11)14-10/h4-5H,3,6-7H2,1-2H3,(H,12,13,14). The molecule has 80 valence electrons. The minimum absolute atomic E-state index is 0.386. The van der Waals surface area contributed by atoms with Gasteiger partial charge in [-0.05, 0) is 19.7 Å². The van der Waals surface area contributed by atoms with E-state index in [1.807, 2.05) is 13.1 Å². The van der Waals surface area contributed by atoms with Gasteiger partial charge in [0, 0.05) is 19.3 Å². The van der Waals surface area contributed by atoms with E-state index in [0.717, 1.165) is 19.6 Å². The summed E-state index contributed by atoms with van der Waals surface area (Å²) in [5.74, 6) is 0.513. The van der Waals surface area contributed by atoms with Crippen molar-refractivity contribution in [1.29, 1.82) is 5.26 Å². The summed E-state index contributed by atoms with van der Waals surface area (Å²) in [6, 6.07) is 3.56. The van der Waals surface area contributed by atoms with Gasteiger partial charge in [-0.15, -0.1) is 0 Å². The highest BCUT2D eigenvalue weighted by molar-refractivity contribution is 5.29. The fraction of sp³-hybridized carbons (Fsp3) is 0.500. The van der Waals surface area contributed by atoms with Gasteiger partial charge in [0.25, 0.3) is 0 Å². The van der Waals surface area contributed by atoms with Gasteiger partial charge in [0.1, 0.15) is 11.8 Å². The Balaban J connectivity index is 2.41. The monoisotopic (exact) mass is 205 g/mol. The fourth-order valence-electron chi connectivity index (χ4n) is 1.02. The molecule has 0 unspecified atom stereocenters. The largest absolute Gasteiger partial charge is 0.353 e. The molecule has 0 aliphatic heterocycles. The molecule has 0 amide bonds. The number of nitrogens with zero attached hydrogens (tertiary/aromatic N) is 4. The molecule has 1 rings (SSSR count). The SMILES string of the molecule is CCN(C)CCNc1nccc(C#N)n1. The Labute approximate surface area is 89.8 Å². The number of aromatic nitrogens is 2. The Bertz CT molecular complexity index is 344. The van der Waals surface area contributed by atoms with E-state index in [1.165, 1.54) is 0 Å². The molecule has 0 aromatic carbocycles. The second kappa shape index (κ2) is 5.94. The average Bonchev–Trinajstić information content (AvgIpc) is 2.29. The Morgan fingerprint density at radius 3 is 3.07 bits per heavy atom. The maximum atomic E-state index is 8.64. The van der Waals surface area contributed by atoms with E-state index in [1.54, 1.807) is 12.3 Å². The normalized spacial score (nSPS) is 10.0. The summed E-state index contributed by atoms with van der Waals surface area (Å²) in [6.45, 7) is 4.82. The van der Waals surface area contributed by atoms with Crippen LogP contribution in [0.3, 0.4) is 0 Å². The van der Waals surface area contributed by atoms with Crippen LogP contribution in [-0.2, 0) is 0 Å². The molecule has 0 fully saturated rings. The molecular formula is C10H15N5. The molecule has 0 bridgehead atoms. The third-order valence-electron chi connectivity index (χ3n) is 2.09. The molecule has 0 saturated carbocycles. The molecule has 0 spiro atoms. The second-order valence-corrected chi connectivity index (χ2v) is 3.20. The fourth-order valence-corrected chi connectivity index (χ4v) is 1.02. The molecule has 0 aliphatic rings. The van der Waals surface area contributed by atoms with Crippen molar-refractivity contribution in [3.05, 3.63) is 18.0 Å². The van der Waals surface area contributed by atoms with Crippen LogP contribution in [0.1, 0.15) is 12.6 Å². The lowest BCUT2D eigenvalue weighted by molar-refractivity contribution is 0.367. The summed E-state index contributed by atoms with van der Waals surface area (Å²) < 4.78 is 0. The molecule has 0 aliphatic carbocycles. The van der Waals surface area contributed by atoms with Crippen LogP contribution in [0.25, 0.3) is 0 Å². The number of nitriles is 1. The van der Waals surface area contributed by atoms with Crippen LogP contribution in [-0.4, -0.2) is 41.5 Å². The Morgan fingerprint density at radius 1 is 1.60 bits per heavy atom. The maximum Gasteiger partial charge on any atom is 0.223 e. The summed E-state index contributed by atoms with van der Waals surface area (Å²) in [5.41, 5.74) is 0.386. The molecule has 0 saturated heterocycles. The zero-order valence-electron chi connectivity index (χ0n) is 9.06. The van der Waals surface area contributed by atoms with Crippen molar-refractivity contribution in [2.24, 2.45) is 0 Å². The van der Waals surface area contributed by atoms with E-state index in [-0.39, 0.29) is 0 Å². The van der Waals surface area contributed by atoms with Crippen LogP contribution in [0.15, 0.2) is 12.3 Å². The van der Waals surface area contributed by atoms with Crippen molar-refractivity contribution in [3.63, 3.8) is 0 Å². The summed E-state index contributed by atoms with van der Waals surface area (Å²) in [4.78, 5) is 10.2. The Morgan fingerprint density at radius 2 is 2.40 bits per heavy atom. The summed E-state index contributed by atoms with van der Waals surface area (Å²) >= 11 is 0. The third kappa shape index (κ3) is 3.92. The molecular weight excluding hydrogens is 190 g/mol. The molecule has 0 radical (unpaired) electrons. The van der Waals surface area contributed by atoms with Crippen molar-refractivity contribution in [1.82, 2.24) is 14.9 Å². The molecule has 1 heterocycles. The summed E-state index contributed by atoms with van der Waals surface area (Å²) in [6.07, 6.45) is 1.58. The van der Waals surface area contributed by atoms with Crippen molar-refractivity contribution in [3.8, 4) is 6.07 Å². The van der Waals surface area contributed by atoms with E-state index in [0.29, 0.717) is 11.6 Å². The minimum Gasteiger partial charge on any atom is -0.353 e. The van der Waals surface area contributed by atoms with Crippen LogP contribution in [0.2, 0.25) is 0 Å². The smallest absolute Gasteiger partial charge is 0.223 e. The van der Waals surface area contributed by atoms with Gasteiger partial charge in [0.2, 0.25) is 5.95 Å². The van der Waals surface area contributed by atoms with Gasteiger partial charge >= 0.3 is 0 Å². The van der Waals surface area contributed by atoms with E-state index in [4.69, 9.17) is 5.26 Å². The van der Waals surface area contributed by atoms with Crippen LogP contribution < -0.4 is 5.32 Å². The van der Waals surface area contributed by atoms with Crippen LogP contribution in [0.4, 0.5) is 5.95 Å². The highest BCUT2D eigenvalue weighted by atomic mass is 15.1. The van der Waals surface area contributed by atoms with Gasteiger partial charge < -0.3 is 10.2 Å². The number of hydrogen-bond donors (Lipinski definition) is 1. The van der Waals surface area contributed by atoms with Crippen molar-refractivity contribution < 1.29 is 0 Å².